The van der Waals surface area contributed by atoms with Crippen molar-refractivity contribution < 1.29 is 9.59 Å². The number of hydrogen-bond acceptors (Lipinski definition) is 2. The number of rotatable bonds is 1. The number of benzene rings is 1. The first-order valence-electron chi connectivity index (χ1n) is 7.94. The van der Waals surface area contributed by atoms with Crippen molar-refractivity contribution in [1.29, 1.82) is 0 Å². The summed E-state index contributed by atoms with van der Waals surface area (Å²) in [6, 6.07) is 7.90. The minimum absolute atomic E-state index is 0.0610. The van der Waals surface area contributed by atoms with E-state index in [2.05, 4.69) is 20.8 Å². The van der Waals surface area contributed by atoms with E-state index in [0.29, 0.717) is 19.6 Å². The van der Waals surface area contributed by atoms with Crippen molar-refractivity contribution in [2.45, 2.75) is 39.5 Å². The molecule has 1 aliphatic heterocycles. The van der Waals surface area contributed by atoms with Crippen LogP contribution < -0.4 is 0 Å². The maximum atomic E-state index is 12.6. The summed E-state index contributed by atoms with van der Waals surface area (Å²) in [4.78, 5) is 27.7. The molecule has 2 amide bonds. The Morgan fingerprint density at radius 3 is 2.00 bits per heavy atom. The lowest BCUT2D eigenvalue weighted by atomic mass is 9.86. The summed E-state index contributed by atoms with van der Waals surface area (Å²) in [6.07, 6.45) is 0.839. The Morgan fingerprint density at radius 2 is 1.45 bits per heavy atom. The average molecular weight is 302 g/mol. The van der Waals surface area contributed by atoms with Crippen LogP contribution in [-0.4, -0.2) is 47.8 Å². The molecule has 0 aromatic heterocycles. The molecule has 0 radical (unpaired) electrons. The number of nitrogens with zero attached hydrogens (tertiary/aromatic N) is 2. The van der Waals surface area contributed by atoms with Crippen LogP contribution in [0.15, 0.2) is 24.3 Å². The van der Waals surface area contributed by atoms with Gasteiger partial charge < -0.3 is 9.80 Å². The molecule has 1 aliphatic rings. The number of hydrogen-bond donors (Lipinski definition) is 0. The Bertz CT molecular complexity index is 543. The van der Waals surface area contributed by atoms with Crippen molar-refractivity contribution in [2.75, 3.05) is 26.2 Å². The lowest BCUT2D eigenvalue weighted by molar-refractivity contribution is -0.128. The lowest BCUT2D eigenvalue weighted by Gasteiger charge is -2.22. The van der Waals surface area contributed by atoms with Gasteiger partial charge in [-0.3, -0.25) is 9.59 Å². The molecule has 1 aromatic rings. The van der Waals surface area contributed by atoms with Gasteiger partial charge in [0.15, 0.2) is 0 Å². The Morgan fingerprint density at radius 1 is 0.909 bits per heavy atom. The Balaban J connectivity index is 2.06. The van der Waals surface area contributed by atoms with Gasteiger partial charge in [0.1, 0.15) is 0 Å². The largest absolute Gasteiger partial charge is 0.341 e. The highest BCUT2D eigenvalue weighted by molar-refractivity contribution is 5.94. The third-order valence-corrected chi connectivity index (χ3v) is 4.23. The van der Waals surface area contributed by atoms with Crippen LogP contribution in [0.5, 0.6) is 0 Å². The van der Waals surface area contributed by atoms with E-state index in [-0.39, 0.29) is 17.2 Å². The van der Waals surface area contributed by atoms with Crippen molar-refractivity contribution in [3.8, 4) is 0 Å². The first-order valence-corrected chi connectivity index (χ1v) is 7.94. The molecular weight excluding hydrogens is 276 g/mol. The van der Waals surface area contributed by atoms with Crippen LogP contribution in [0.3, 0.4) is 0 Å². The molecule has 1 fully saturated rings. The van der Waals surface area contributed by atoms with E-state index in [1.807, 2.05) is 34.1 Å². The number of amides is 2. The summed E-state index contributed by atoms with van der Waals surface area (Å²) in [5, 5.41) is 0. The van der Waals surface area contributed by atoms with Crippen LogP contribution in [0.1, 0.15) is 50.0 Å². The van der Waals surface area contributed by atoms with Crippen molar-refractivity contribution in [3.63, 3.8) is 0 Å². The van der Waals surface area contributed by atoms with Gasteiger partial charge in [0, 0.05) is 38.7 Å². The molecule has 22 heavy (non-hydrogen) atoms. The van der Waals surface area contributed by atoms with Crippen molar-refractivity contribution >= 4 is 11.8 Å². The summed E-state index contributed by atoms with van der Waals surface area (Å²) in [6.45, 7) is 10.8. The minimum atomic E-state index is 0.0610. The SMILES string of the molecule is CC(=O)N1CCCN(C(=O)c2ccc(C(C)(C)C)cc2)CC1. The van der Waals surface area contributed by atoms with Crippen molar-refractivity contribution in [3.05, 3.63) is 35.4 Å². The molecule has 4 heteroatoms. The fourth-order valence-electron chi connectivity index (χ4n) is 2.73. The van der Waals surface area contributed by atoms with Crippen molar-refractivity contribution in [1.82, 2.24) is 9.80 Å². The molecule has 0 atom stereocenters. The van der Waals surface area contributed by atoms with E-state index in [0.717, 1.165) is 18.5 Å². The van der Waals surface area contributed by atoms with Gasteiger partial charge in [0.05, 0.1) is 0 Å². The zero-order valence-corrected chi connectivity index (χ0v) is 14.1. The monoisotopic (exact) mass is 302 g/mol. The second kappa shape index (κ2) is 6.51. The van der Waals surface area contributed by atoms with Gasteiger partial charge in [-0.1, -0.05) is 32.9 Å². The topological polar surface area (TPSA) is 40.6 Å². The predicted octanol–water partition coefficient (Wildman–Crippen LogP) is 2.68. The Labute approximate surface area is 133 Å². The summed E-state index contributed by atoms with van der Waals surface area (Å²) >= 11 is 0. The van der Waals surface area contributed by atoms with Gasteiger partial charge >= 0.3 is 0 Å². The maximum absolute atomic E-state index is 12.6. The fraction of sp³-hybridized carbons (Fsp3) is 0.556. The molecule has 2 rings (SSSR count). The molecule has 0 saturated carbocycles. The van der Waals surface area contributed by atoms with Crippen LogP contribution >= 0.6 is 0 Å². The minimum Gasteiger partial charge on any atom is -0.341 e. The summed E-state index contributed by atoms with van der Waals surface area (Å²) in [7, 11) is 0. The molecular formula is C18H26N2O2. The molecule has 0 unspecified atom stereocenters. The van der Waals surface area contributed by atoms with Gasteiger partial charge in [-0.25, -0.2) is 0 Å². The number of carbonyl (C=O) groups excluding carboxylic acids is 2. The van der Waals surface area contributed by atoms with Crippen LogP contribution in [-0.2, 0) is 10.2 Å². The third kappa shape index (κ3) is 3.87. The molecule has 0 spiro atoms. The molecule has 0 N–H and O–H groups in total. The molecule has 120 valence electrons. The van der Waals surface area contributed by atoms with E-state index in [1.165, 1.54) is 5.56 Å². The molecule has 1 aromatic carbocycles. The normalized spacial score (nSPS) is 16.4. The van der Waals surface area contributed by atoms with Crippen LogP contribution in [0.25, 0.3) is 0 Å². The van der Waals surface area contributed by atoms with Gasteiger partial charge in [0.2, 0.25) is 5.91 Å². The highest BCUT2D eigenvalue weighted by Gasteiger charge is 2.22. The number of carbonyl (C=O) groups is 2. The van der Waals surface area contributed by atoms with Gasteiger partial charge in [-0.15, -0.1) is 0 Å². The Kier molecular flexibility index (Phi) is 4.89. The fourth-order valence-corrected chi connectivity index (χ4v) is 2.73. The van der Waals surface area contributed by atoms with E-state index < -0.39 is 0 Å². The maximum Gasteiger partial charge on any atom is 0.253 e. The first kappa shape index (κ1) is 16.5. The van der Waals surface area contributed by atoms with Crippen LogP contribution in [0.4, 0.5) is 0 Å². The Hall–Kier alpha value is -1.84. The van der Waals surface area contributed by atoms with E-state index in [4.69, 9.17) is 0 Å². The quantitative estimate of drug-likeness (QED) is 0.800. The highest BCUT2D eigenvalue weighted by atomic mass is 16.2. The summed E-state index contributed by atoms with van der Waals surface area (Å²) in [5.41, 5.74) is 2.04. The summed E-state index contributed by atoms with van der Waals surface area (Å²) in [5.74, 6) is 0.148. The van der Waals surface area contributed by atoms with Gasteiger partial charge in [0.25, 0.3) is 5.91 Å². The smallest absolute Gasteiger partial charge is 0.253 e. The molecule has 1 heterocycles. The highest BCUT2D eigenvalue weighted by Crippen LogP contribution is 2.22. The first-order chi connectivity index (χ1) is 10.3. The van der Waals surface area contributed by atoms with Gasteiger partial charge in [-0.2, -0.15) is 0 Å². The zero-order chi connectivity index (χ0) is 16.3. The second-order valence-corrected chi connectivity index (χ2v) is 6.98. The van der Waals surface area contributed by atoms with Crippen LogP contribution in [0, 0.1) is 0 Å². The standard InChI is InChI=1S/C18H26N2O2/c1-14(21)19-10-5-11-20(13-12-19)17(22)15-6-8-16(9-7-15)18(2,3)4/h6-9H,5,10-13H2,1-4H3. The molecule has 0 bridgehead atoms. The second-order valence-electron chi connectivity index (χ2n) is 6.98. The summed E-state index contributed by atoms with van der Waals surface area (Å²) < 4.78 is 0. The average Bonchev–Trinajstić information content (AvgIpc) is 2.71. The molecule has 1 saturated heterocycles. The lowest BCUT2D eigenvalue weighted by Crippen LogP contribution is -2.36. The van der Waals surface area contributed by atoms with Crippen LogP contribution in [0.2, 0.25) is 0 Å². The zero-order valence-electron chi connectivity index (χ0n) is 14.1. The van der Waals surface area contributed by atoms with E-state index >= 15 is 0 Å². The van der Waals surface area contributed by atoms with Gasteiger partial charge in [-0.05, 0) is 29.5 Å². The molecule has 0 aliphatic carbocycles. The van der Waals surface area contributed by atoms with Crippen molar-refractivity contribution in [2.24, 2.45) is 0 Å². The van der Waals surface area contributed by atoms with E-state index in [9.17, 15) is 9.59 Å². The predicted molar refractivity (Wildman–Crippen MR) is 87.9 cm³/mol. The third-order valence-electron chi connectivity index (χ3n) is 4.23. The molecule has 4 nitrogen and oxygen atoms in total. The van der Waals surface area contributed by atoms with E-state index in [1.54, 1.807) is 6.92 Å².